The Kier molecular flexibility index (Phi) is 6.20. The Balaban J connectivity index is 2.28. The number of rotatable bonds is 7. The smallest absolute Gasteiger partial charge is 0.250 e. The maximum atomic E-state index is 13.6. The quantitative estimate of drug-likeness (QED) is 0.227. The van der Waals surface area contributed by atoms with Crippen LogP contribution in [-0.4, -0.2) is 34.3 Å². The lowest BCUT2D eigenvalue weighted by atomic mass is 10.2. The summed E-state index contributed by atoms with van der Waals surface area (Å²) in [5.41, 5.74) is 1.06. The summed E-state index contributed by atoms with van der Waals surface area (Å²) in [6, 6.07) is 0. The molecule has 1 aromatic carbocycles. The third kappa shape index (κ3) is 4.13. The van der Waals surface area contributed by atoms with Crippen molar-refractivity contribution in [3.05, 3.63) is 34.6 Å². The van der Waals surface area contributed by atoms with Gasteiger partial charge in [0.25, 0.3) is 0 Å². The van der Waals surface area contributed by atoms with Gasteiger partial charge in [0.1, 0.15) is 0 Å². The van der Waals surface area contributed by atoms with E-state index in [1.807, 2.05) is 13.8 Å². The van der Waals surface area contributed by atoms with Crippen molar-refractivity contribution in [3.8, 4) is 0 Å². The summed E-state index contributed by atoms with van der Waals surface area (Å²) >= 11 is 0. The van der Waals surface area contributed by atoms with Gasteiger partial charge in [-0.2, -0.15) is 20.1 Å². The first-order valence-electron chi connectivity index (χ1n) is 7.43. The highest BCUT2D eigenvalue weighted by atomic mass is 19.2. The van der Waals surface area contributed by atoms with Gasteiger partial charge >= 0.3 is 0 Å². The summed E-state index contributed by atoms with van der Waals surface area (Å²) in [5, 5.41) is 9.11. The molecule has 1 aromatic heterocycles. The number of hydrazone groups is 1. The van der Waals surface area contributed by atoms with E-state index in [9.17, 15) is 22.0 Å². The van der Waals surface area contributed by atoms with Crippen LogP contribution in [0.25, 0.3) is 0 Å². The van der Waals surface area contributed by atoms with Crippen LogP contribution in [0.3, 0.4) is 0 Å². The fourth-order valence-electron chi connectivity index (χ4n) is 1.79. The molecule has 0 fully saturated rings. The van der Waals surface area contributed by atoms with Gasteiger partial charge in [-0.1, -0.05) is 0 Å². The number of anilines is 3. The van der Waals surface area contributed by atoms with Gasteiger partial charge in [0, 0.05) is 13.1 Å². The second-order valence-corrected chi connectivity index (χ2v) is 4.72. The largest absolute Gasteiger partial charge is 0.354 e. The lowest BCUT2D eigenvalue weighted by Gasteiger charge is -2.08. The summed E-state index contributed by atoms with van der Waals surface area (Å²) in [7, 11) is 0. The van der Waals surface area contributed by atoms with Gasteiger partial charge in [-0.25, -0.2) is 27.4 Å². The molecule has 0 aliphatic heterocycles. The van der Waals surface area contributed by atoms with Crippen molar-refractivity contribution in [1.29, 1.82) is 0 Å². The lowest BCUT2D eigenvalue weighted by molar-refractivity contribution is 0.377. The second kappa shape index (κ2) is 8.36. The molecule has 12 heteroatoms. The van der Waals surface area contributed by atoms with Crippen LogP contribution in [0, 0.1) is 29.1 Å². The average molecular weight is 375 g/mol. The molecule has 2 rings (SSSR count). The van der Waals surface area contributed by atoms with Crippen molar-refractivity contribution in [1.82, 2.24) is 15.0 Å². The fraction of sp³-hybridized carbons (Fsp3) is 0.286. The normalized spacial score (nSPS) is 11.0. The Hall–Kier alpha value is -3.05. The topological polar surface area (TPSA) is 87.1 Å². The van der Waals surface area contributed by atoms with Gasteiger partial charge < -0.3 is 10.6 Å². The van der Waals surface area contributed by atoms with Gasteiger partial charge in [-0.15, -0.1) is 0 Å². The van der Waals surface area contributed by atoms with Crippen LogP contribution in [-0.2, 0) is 0 Å². The molecule has 140 valence electrons. The van der Waals surface area contributed by atoms with E-state index < -0.39 is 34.6 Å². The van der Waals surface area contributed by atoms with Crippen LogP contribution < -0.4 is 16.1 Å². The number of hydrogen-bond donors (Lipinski definition) is 3. The van der Waals surface area contributed by atoms with Crippen molar-refractivity contribution in [3.63, 3.8) is 0 Å². The van der Waals surface area contributed by atoms with E-state index >= 15 is 0 Å². The number of benzene rings is 1. The van der Waals surface area contributed by atoms with E-state index in [1.165, 1.54) is 0 Å². The van der Waals surface area contributed by atoms with Crippen molar-refractivity contribution >= 4 is 24.1 Å². The minimum atomic E-state index is -2.24. The molecule has 0 amide bonds. The summed E-state index contributed by atoms with van der Waals surface area (Å²) < 4.78 is 66.4. The van der Waals surface area contributed by atoms with Gasteiger partial charge in [0.05, 0.1) is 11.8 Å². The first-order valence-corrected chi connectivity index (χ1v) is 7.43. The molecule has 2 aromatic rings. The maximum absolute atomic E-state index is 13.6. The van der Waals surface area contributed by atoms with Crippen molar-refractivity contribution < 1.29 is 22.0 Å². The van der Waals surface area contributed by atoms with Crippen LogP contribution in [0.1, 0.15) is 19.4 Å². The Morgan fingerprint density at radius 2 is 1.15 bits per heavy atom. The van der Waals surface area contributed by atoms with E-state index in [4.69, 9.17) is 0 Å². The number of hydrogen-bond acceptors (Lipinski definition) is 7. The first-order chi connectivity index (χ1) is 12.4. The minimum absolute atomic E-state index is 0.105. The molecule has 0 spiro atoms. The second-order valence-electron chi connectivity index (χ2n) is 4.72. The standard InChI is InChI=1S/C14H14F5N7/c1-3-20-12-23-13(21-4-2)25-14(24-12)26-22-5-6-7(15)9(17)11(19)10(18)8(6)16/h5H,3-4H2,1-2H3,(H3,20,21,23,24,25,26)/b22-5+. The van der Waals surface area contributed by atoms with Crippen LogP contribution >= 0.6 is 0 Å². The molecule has 1 heterocycles. The zero-order chi connectivity index (χ0) is 19.3. The Labute approximate surface area is 144 Å². The zero-order valence-electron chi connectivity index (χ0n) is 13.7. The van der Waals surface area contributed by atoms with Crippen molar-refractivity contribution in [2.45, 2.75) is 13.8 Å². The summed E-state index contributed by atoms with van der Waals surface area (Å²) in [6.45, 7) is 4.65. The van der Waals surface area contributed by atoms with Crippen LogP contribution in [0.15, 0.2) is 5.10 Å². The van der Waals surface area contributed by atoms with Gasteiger partial charge in [0.2, 0.25) is 23.7 Å². The average Bonchev–Trinajstić information content (AvgIpc) is 2.62. The highest BCUT2D eigenvalue weighted by Gasteiger charge is 2.24. The van der Waals surface area contributed by atoms with E-state index in [1.54, 1.807) is 0 Å². The zero-order valence-corrected chi connectivity index (χ0v) is 13.7. The van der Waals surface area contributed by atoms with E-state index in [-0.39, 0.29) is 17.8 Å². The predicted octanol–water partition coefficient (Wildman–Crippen LogP) is 2.88. The van der Waals surface area contributed by atoms with Gasteiger partial charge in [-0.05, 0) is 13.8 Å². The molecule has 3 N–H and O–H groups in total. The molecule has 0 aliphatic carbocycles. The molecule has 7 nitrogen and oxygen atoms in total. The molecule has 0 saturated heterocycles. The molecule has 26 heavy (non-hydrogen) atoms. The molecule has 0 unspecified atom stereocenters. The molecular weight excluding hydrogens is 361 g/mol. The van der Waals surface area contributed by atoms with Crippen molar-refractivity contribution in [2.75, 3.05) is 29.1 Å². The van der Waals surface area contributed by atoms with E-state index in [0.717, 1.165) is 0 Å². The first kappa shape index (κ1) is 19.3. The number of nitrogens with zero attached hydrogens (tertiary/aromatic N) is 4. The third-order valence-corrected chi connectivity index (χ3v) is 2.91. The van der Waals surface area contributed by atoms with E-state index in [2.05, 4.69) is 36.1 Å². The molecular formula is C14H14F5N7. The molecule has 0 aliphatic rings. The number of aromatic nitrogens is 3. The Morgan fingerprint density at radius 1 is 0.731 bits per heavy atom. The highest BCUT2D eigenvalue weighted by molar-refractivity contribution is 5.81. The summed E-state index contributed by atoms with van der Waals surface area (Å²) in [6.07, 6.45) is 0.444. The van der Waals surface area contributed by atoms with Gasteiger partial charge in [-0.3, -0.25) is 0 Å². The highest BCUT2D eigenvalue weighted by Crippen LogP contribution is 2.21. The SMILES string of the molecule is CCNc1nc(NCC)nc(N/N=C/c2c(F)c(F)c(F)c(F)c2F)n1. The van der Waals surface area contributed by atoms with Crippen molar-refractivity contribution in [2.24, 2.45) is 5.10 Å². The van der Waals surface area contributed by atoms with Crippen LogP contribution in [0.4, 0.5) is 39.8 Å². The number of nitrogens with one attached hydrogen (secondary N) is 3. The molecule has 0 saturated carbocycles. The number of halogens is 5. The summed E-state index contributed by atoms with van der Waals surface area (Å²) in [4.78, 5) is 11.9. The monoisotopic (exact) mass is 375 g/mol. The predicted molar refractivity (Wildman–Crippen MR) is 85.6 cm³/mol. The van der Waals surface area contributed by atoms with Crippen LogP contribution in [0.2, 0.25) is 0 Å². The van der Waals surface area contributed by atoms with Crippen LogP contribution in [0.5, 0.6) is 0 Å². The molecule has 0 atom stereocenters. The third-order valence-electron chi connectivity index (χ3n) is 2.91. The van der Waals surface area contributed by atoms with Gasteiger partial charge in [0.15, 0.2) is 23.3 Å². The van der Waals surface area contributed by atoms with E-state index in [0.29, 0.717) is 19.3 Å². The minimum Gasteiger partial charge on any atom is -0.354 e. The fourth-order valence-corrected chi connectivity index (χ4v) is 1.79. The molecule has 0 bridgehead atoms. The summed E-state index contributed by atoms with van der Waals surface area (Å²) in [5.74, 6) is -10.1. The molecule has 0 radical (unpaired) electrons. The maximum Gasteiger partial charge on any atom is 0.250 e. The lowest BCUT2D eigenvalue weighted by Crippen LogP contribution is -2.11. The Bertz CT molecular complexity index is 775. The Morgan fingerprint density at radius 3 is 1.62 bits per heavy atom.